The maximum atomic E-state index is 13.5. The molecule has 0 fully saturated rings. The highest BCUT2D eigenvalue weighted by Crippen LogP contribution is 2.34. The summed E-state index contributed by atoms with van der Waals surface area (Å²) in [4.78, 5) is 25.5. The number of rotatable bonds is 6. The first kappa shape index (κ1) is 19.4. The molecule has 0 aliphatic heterocycles. The van der Waals surface area contributed by atoms with Gasteiger partial charge in [0.25, 0.3) is 5.91 Å². The third-order valence-corrected chi connectivity index (χ3v) is 4.55. The summed E-state index contributed by atoms with van der Waals surface area (Å²) in [5.74, 6) is -0.918. The summed E-state index contributed by atoms with van der Waals surface area (Å²) in [7, 11) is 0. The van der Waals surface area contributed by atoms with Crippen molar-refractivity contribution in [2.75, 3.05) is 0 Å². The van der Waals surface area contributed by atoms with E-state index in [0.717, 1.165) is 11.1 Å². The molecule has 0 saturated heterocycles. The fraction of sp³-hybridized carbons (Fsp3) is 0.167. The van der Waals surface area contributed by atoms with Gasteiger partial charge in [-0.3, -0.25) is 9.59 Å². The number of esters is 1. The van der Waals surface area contributed by atoms with Crippen LogP contribution in [-0.2, 0) is 26.5 Å². The van der Waals surface area contributed by atoms with E-state index in [1.54, 1.807) is 24.3 Å². The highest BCUT2D eigenvalue weighted by molar-refractivity contribution is 5.92. The molecule has 1 amide bonds. The van der Waals surface area contributed by atoms with Crippen molar-refractivity contribution >= 4 is 11.9 Å². The van der Waals surface area contributed by atoms with Crippen molar-refractivity contribution in [3.8, 4) is 0 Å². The lowest BCUT2D eigenvalue weighted by Crippen LogP contribution is -2.48. The second-order valence-corrected chi connectivity index (χ2v) is 6.68. The molecule has 0 aliphatic carbocycles. The zero-order valence-corrected chi connectivity index (χ0v) is 16.0. The summed E-state index contributed by atoms with van der Waals surface area (Å²) in [5, 5.41) is 2.95. The summed E-state index contributed by atoms with van der Waals surface area (Å²) < 4.78 is 5.73. The summed E-state index contributed by atoms with van der Waals surface area (Å²) >= 11 is 0. The van der Waals surface area contributed by atoms with E-state index in [-0.39, 0.29) is 5.91 Å². The molecule has 4 nitrogen and oxygen atoms in total. The summed E-state index contributed by atoms with van der Waals surface area (Å²) in [6.45, 7) is 3.66. The Bertz CT molecular complexity index is 895. The largest absolute Gasteiger partial charge is 0.439 e. The maximum absolute atomic E-state index is 13.5. The second kappa shape index (κ2) is 8.53. The minimum atomic E-state index is -1.56. The van der Waals surface area contributed by atoms with Crippen LogP contribution < -0.4 is 5.32 Å². The lowest BCUT2D eigenvalue weighted by molar-refractivity contribution is -0.163. The molecule has 0 spiro atoms. The van der Waals surface area contributed by atoms with E-state index in [4.69, 9.17) is 4.74 Å². The number of benzene rings is 3. The summed E-state index contributed by atoms with van der Waals surface area (Å²) in [5.41, 5.74) is 1.75. The SMILES string of the molecule is CC(=O)OC(C(=O)NCc1ccc(C)cc1)(c1ccccc1)c1ccccc1. The number of carbonyl (C=O) groups is 2. The lowest BCUT2D eigenvalue weighted by atomic mass is 9.85. The smallest absolute Gasteiger partial charge is 0.304 e. The van der Waals surface area contributed by atoms with E-state index >= 15 is 0 Å². The molecule has 28 heavy (non-hydrogen) atoms. The third-order valence-electron chi connectivity index (χ3n) is 4.55. The predicted molar refractivity (Wildman–Crippen MR) is 108 cm³/mol. The van der Waals surface area contributed by atoms with Crippen LogP contribution in [0.15, 0.2) is 84.9 Å². The molecule has 0 heterocycles. The minimum absolute atomic E-state index is 0.335. The third kappa shape index (κ3) is 4.12. The molecular formula is C24H23NO3. The van der Waals surface area contributed by atoms with Crippen LogP contribution in [-0.4, -0.2) is 11.9 Å². The first-order valence-corrected chi connectivity index (χ1v) is 9.17. The Kier molecular flexibility index (Phi) is 5.90. The topological polar surface area (TPSA) is 55.4 Å². The van der Waals surface area contributed by atoms with Gasteiger partial charge in [0.2, 0.25) is 5.60 Å². The van der Waals surface area contributed by atoms with Gasteiger partial charge in [-0.2, -0.15) is 0 Å². The van der Waals surface area contributed by atoms with Gasteiger partial charge in [-0.05, 0) is 12.5 Å². The Hall–Kier alpha value is -3.40. The van der Waals surface area contributed by atoms with Crippen LogP contribution in [0.4, 0.5) is 0 Å². The van der Waals surface area contributed by atoms with E-state index in [1.165, 1.54) is 6.92 Å². The maximum Gasteiger partial charge on any atom is 0.304 e. The molecule has 0 unspecified atom stereocenters. The molecule has 4 heteroatoms. The fourth-order valence-corrected chi connectivity index (χ4v) is 3.17. The number of hydrogen-bond acceptors (Lipinski definition) is 3. The van der Waals surface area contributed by atoms with E-state index in [0.29, 0.717) is 17.7 Å². The van der Waals surface area contributed by atoms with Crippen molar-refractivity contribution in [1.29, 1.82) is 0 Å². The molecule has 0 atom stereocenters. The van der Waals surface area contributed by atoms with Crippen molar-refractivity contribution in [2.45, 2.75) is 26.0 Å². The van der Waals surface area contributed by atoms with Gasteiger partial charge in [0.1, 0.15) is 0 Å². The monoisotopic (exact) mass is 373 g/mol. The van der Waals surface area contributed by atoms with Gasteiger partial charge in [-0.1, -0.05) is 90.5 Å². The Balaban J connectivity index is 2.02. The number of hydrogen-bond donors (Lipinski definition) is 1. The predicted octanol–water partition coefficient (Wildman–Crippen LogP) is 4.12. The average Bonchev–Trinajstić information content (AvgIpc) is 2.72. The molecule has 3 aromatic rings. The molecular weight excluding hydrogens is 350 g/mol. The summed E-state index contributed by atoms with van der Waals surface area (Å²) in [6, 6.07) is 26.1. The number of carbonyl (C=O) groups excluding carboxylic acids is 2. The Morgan fingerprint density at radius 1 is 0.821 bits per heavy atom. The van der Waals surface area contributed by atoms with E-state index < -0.39 is 11.6 Å². The first-order valence-electron chi connectivity index (χ1n) is 9.17. The number of nitrogens with one attached hydrogen (secondary N) is 1. The molecule has 0 saturated carbocycles. The van der Waals surface area contributed by atoms with Crippen molar-refractivity contribution in [1.82, 2.24) is 5.32 Å². The van der Waals surface area contributed by atoms with Gasteiger partial charge < -0.3 is 10.1 Å². The molecule has 3 aromatic carbocycles. The van der Waals surface area contributed by atoms with Crippen LogP contribution in [0.25, 0.3) is 0 Å². The van der Waals surface area contributed by atoms with Gasteiger partial charge in [0.05, 0.1) is 0 Å². The standard InChI is InChI=1S/C24H23NO3/c1-18-13-15-20(16-14-18)17-25-23(27)24(28-19(2)26,21-9-5-3-6-10-21)22-11-7-4-8-12-22/h3-16H,17H2,1-2H3,(H,25,27). The molecule has 1 N–H and O–H groups in total. The van der Waals surface area contributed by atoms with Crippen molar-refractivity contribution in [2.24, 2.45) is 0 Å². The highest BCUT2D eigenvalue weighted by Gasteiger charge is 2.45. The summed E-state index contributed by atoms with van der Waals surface area (Å²) in [6.07, 6.45) is 0. The molecule has 0 aliphatic rings. The Labute approximate surface area is 165 Å². The van der Waals surface area contributed by atoms with E-state index in [2.05, 4.69) is 5.32 Å². The van der Waals surface area contributed by atoms with Gasteiger partial charge in [0, 0.05) is 24.6 Å². The van der Waals surface area contributed by atoms with Crippen LogP contribution in [0, 0.1) is 6.92 Å². The lowest BCUT2D eigenvalue weighted by Gasteiger charge is -2.32. The van der Waals surface area contributed by atoms with Crippen molar-refractivity contribution in [3.05, 3.63) is 107 Å². The Morgan fingerprint density at radius 3 is 1.79 bits per heavy atom. The van der Waals surface area contributed by atoms with Gasteiger partial charge in [0.15, 0.2) is 0 Å². The zero-order valence-electron chi connectivity index (χ0n) is 16.0. The van der Waals surface area contributed by atoms with Gasteiger partial charge in [-0.15, -0.1) is 0 Å². The highest BCUT2D eigenvalue weighted by atomic mass is 16.6. The fourth-order valence-electron chi connectivity index (χ4n) is 3.17. The Morgan fingerprint density at radius 2 is 1.32 bits per heavy atom. The van der Waals surface area contributed by atoms with E-state index in [1.807, 2.05) is 67.6 Å². The quantitative estimate of drug-likeness (QED) is 0.662. The van der Waals surface area contributed by atoms with Gasteiger partial charge >= 0.3 is 5.97 Å². The van der Waals surface area contributed by atoms with Gasteiger partial charge in [-0.25, -0.2) is 0 Å². The minimum Gasteiger partial charge on any atom is -0.439 e. The normalized spacial score (nSPS) is 10.9. The second-order valence-electron chi connectivity index (χ2n) is 6.68. The first-order chi connectivity index (χ1) is 13.5. The molecule has 142 valence electrons. The molecule has 0 bridgehead atoms. The van der Waals surface area contributed by atoms with E-state index in [9.17, 15) is 9.59 Å². The molecule has 3 rings (SSSR count). The average molecular weight is 373 g/mol. The molecule has 0 aromatic heterocycles. The number of aryl methyl sites for hydroxylation is 1. The van der Waals surface area contributed by atoms with Crippen molar-refractivity contribution < 1.29 is 14.3 Å². The van der Waals surface area contributed by atoms with Crippen LogP contribution in [0.1, 0.15) is 29.2 Å². The van der Waals surface area contributed by atoms with Crippen molar-refractivity contribution in [3.63, 3.8) is 0 Å². The van der Waals surface area contributed by atoms with Crippen LogP contribution in [0.2, 0.25) is 0 Å². The van der Waals surface area contributed by atoms with Crippen LogP contribution in [0.5, 0.6) is 0 Å². The molecule has 0 radical (unpaired) electrons. The zero-order chi connectivity index (χ0) is 20.0. The van der Waals surface area contributed by atoms with Crippen LogP contribution >= 0.6 is 0 Å². The number of ether oxygens (including phenoxy) is 1. The van der Waals surface area contributed by atoms with Crippen LogP contribution in [0.3, 0.4) is 0 Å². The number of amides is 1.